The summed E-state index contributed by atoms with van der Waals surface area (Å²) in [5.41, 5.74) is 4.75. The predicted octanol–water partition coefficient (Wildman–Crippen LogP) is 3.13. The molecule has 6 heteroatoms. The van der Waals surface area contributed by atoms with Crippen molar-refractivity contribution in [1.29, 1.82) is 5.26 Å². The molecule has 2 atom stereocenters. The maximum atomic E-state index is 13.0. The number of nitrogens with zero attached hydrogens (tertiary/aromatic N) is 3. The van der Waals surface area contributed by atoms with Crippen LogP contribution in [0.25, 0.3) is 11.1 Å². The summed E-state index contributed by atoms with van der Waals surface area (Å²) >= 11 is 0. The Morgan fingerprint density at radius 1 is 1.32 bits per heavy atom. The van der Waals surface area contributed by atoms with Gasteiger partial charge in [-0.3, -0.25) is 4.79 Å². The molecule has 6 nitrogen and oxygen atoms in total. The van der Waals surface area contributed by atoms with E-state index in [0.29, 0.717) is 24.1 Å². The zero-order chi connectivity index (χ0) is 20.3. The van der Waals surface area contributed by atoms with Crippen molar-refractivity contribution in [1.82, 2.24) is 4.90 Å². The lowest BCUT2D eigenvalue weighted by atomic mass is 9.96. The highest BCUT2D eigenvalue weighted by Crippen LogP contribution is 2.27. The van der Waals surface area contributed by atoms with E-state index in [1.807, 2.05) is 31.2 Å². The van der Waals surface area contributed by atoms with Gasteiger partial charge < -0.3 is 14.8 Å². The number of rotatable bonds is 4. The fraction of sp³-hybridized carbons (Fsp3) is 0.318. The number of amides is 1. The number of carbonyl (C=O) groups is 1. The highest BCUT2D eigenvalue weighted by atomic mass is 16.6. The minimum atomic E-state index is -0.663. The molecule has 0 aromatic heterocycles. The molecule has 28 heavy (non-hydrogen) atoms. The normalized spacial score (nSPS) is 18.8. The quantitative estimate of drug-likeness (QED) is 0.830. The highest BCUT2D eigenvalue weighted by Gasteiger charge is 2.36. The molecule has 0 radical (unpaired) electrons. The van der Waals surface area contributed by atoms with E-state index in [-0.39, 0.29) is 11.9 Å². The average molecular weight is 377 g/mol. The third-order valence-electron chi connectivity index (χ3n) is 5.13. The fourth-order valence-corrected chi connectivity index (χ4v) is 3.61. The number of aliphatic hydroxyl groups excluding tert-OH is 1. The van der Waals surface area contributed by atoms with Crippen LogP contribution in [-0.2, 0) is 4.84 Å². The fourth-order valence-electron chi connectivity index (χ4n) is 3.61. The number of hydrogen-bond acceptors (Lipinski definition) is 5. The molecule has 0 aliphatic carbocycles. The predicted molar refractivity (Wildman–Crippen MR) is 107 cm³/mol. The molecule has 2 aromatic rings. The first-order chi connectivity index (χ1) is 13.5. The number of aliphatic hydroxyl groups is 1. The molecule has 0 bridgehead atoms. The lowest BCUT2D eigenvalue weighted by Crippen LogP contribution is -2.41. The molecule has 3 rings (SSSR count). The molecule has 1 fully saturated rings. The Bertz CT molecular complexity index is 942. The zero-order valence-corrected chi connectivity index (χ0v) is 16.2. The van der Waals surface area contributed by atoms with Gasteiger partial charge in [0.2, 0.25) is 0 Å². The number of likely N-dealkylation sites (tertiary alicyclic amines) is 1. The van der Waals surface area contributed by atoms with Crippen LogP contribution in [0.5, 0.6) is 0 Å². The molecule has 144 valence electrons. The van der Waals surface area contributed by atoms with E-state index in [4.69, 9.17) is 4.84 Å². The lowest BCUT2D eigenvalue weighted by molar-refractivity contribution is 0.0538. The third kappa shape index (κ3) is 3.75. The van der Waals surface area contributed by atoms with E-state index < -0.39 is 6.10 Å². The van der Waals surface area contributed by atoms with E-state index in [2.05, 4.69) is 11.2 Å². The van der Waals surface area contributed by atoms with Crippen LogP contribution in [0.1, 0.15) is 34.8 Å². The minimum Gasteiger partial charge on any atom is -0.399 e. The number of hydrogen-bond donors (Lipinski definition) is 1. The molecule has 2 aromatic carbocycles. The van der Waals surface area contributed by atoms with Crippen LogP contribution in [0, 0.1) is 18.3 Å². The Morgan fingerprint density at radius 2 is 2.04 bits per heavy atom. The van der Waals surface area contributed by atoms with Gasteiger partial charge in [-0.05, 0) is 48.7 Å². The van der Waals surface area contributed by atoms with E-state index in [9.17, 15) is 15.2 Å². The molecule has 1 N–H and O–H groups in total. The monoisotopic (exact) mass is 377 g/mol. The molecular weight excluding hydrogens is 354 g/mol. The number of benzene rings is 2. The van der Waals surface area contributed by atoms with Crippen LogP contribution >= 0.6 is 0 Å². The molecule has 1 heterocycles. The first-order valence-corrected chi connectivity index (χ1v) is 9.14. The molecule has 0 saturated carbocycles. The summed E-state index contributed by atoms with van der Waals surface area (Å²) in [6.45, 7) is 3.93. The van der Waals surface area contributed by atoms with E-state index in [1.165, 1.54) is 7.11 Å². The molecule has 1 amide bonds. The maximum absolute atomic E-state index is 13.0. The summed E-state index contributed by atoms with van der Waals surface area (Å²) in [4.78, 5) is 19.5. The summed E-state index contributed by atoms with van der Waals surface area (Å²) in [6, 6.07) is 14.8. The van der Waals surface area contributed by atoms with Crippen molar-refractivity contribution in [3.8, 4) is 17.2 Å². The third-order valence-corrected chi connectivity index (χ3v) is 5.13. The Hall–Kier alpha value is -3.17. The second kappa shape index (κ2) is 8.24. The largest absolute Gasteiger partial charge is 0.399 e. The van der Waals surface area contributed by atoms with Crippen LogP contribution < -0.4 is 0 Å². The van der Waals surface area contributed by atoms with Gasteiger partial charge in [0.15, 0.2) is 0 Å². The zero-order valence-electron chi connectivity index (χ0n) is 16.2. The molecule has 0 unspecified atom stereocenters. The van der Waals surface area contributed by atoms with Crippen LogP contribution in [0.3, 0.4) is 0 Å². The van der Waals surface area contributed by atoms with Gasteiger partial charge >= 0.3 is 0 Å². The van der Waals surface area contributed by atoms with Gasteiger partial charge in [0.1, 0.15) is 7.11 Å². The Kier molecular flexibility index (Phi) is 5.76. The van der Waals surface area contributed by atoms with Crippen molar-refractivity contribution in [3.63, 3.8) is 0 Å². The summed E-state index contributed by atoms with van der Waals surface area (Å²) in [5.74, 6) is -0.152. The van der Waals surface area contributed by atoms with Gasteiger partial charge in [0.25, 0.3) is 5.91 Å². The van der Waals surface area contributed by atoms with Gasteiger partial charge in [-0.1, -0.05) is 29.4 Å². The van der Waals surface area contributed by atoms with Crippen molar-refractivity contribution in [3.05, 3.63) is 59.2 Å². The molecular formula is C22H23N3O3. The van der Waals surface area contributed by atoms with Crippen molar-refractivity contribution < 1.29 is 14.7 Å². The molecule has 1 aliphatic heterocycles. The second-order valence-electron chi connectivity index (χ2n) is 6.95. The first kappa shape index (κ1) is 19.6. The van der Waals surface area contributed by atoms with Crippen LogP contribution in [-0.4, -0.2) is 47.4 Å². The molecule has 0 spiro atoms. The Labute approximate surface area is 164 Å². The number of oxime groups is 1. The van der Waals surface area contributed by atoms with Crippen LogP contribution in [0.2, 0.25) is 0 Å². The van der Waals surface area contributed by atoms with Gasteiger partial charge in [-0.25, -0.2) is 0 Å². The average Bonchev–Trinajstić information content (AvgIpc) is 3.12. The Morgan fingerprint density at radius 3 is 2.64 bits per heavy atom. The smallest absolute Gasteiger partial charge is 0.254 e. The minimum absolute atomic E-state index is 0.152. The Balaban J connectivity index is 1.86. The van der Waals surface area contributed by atoms with Gasteiger partial charge in [0.05, 0.1) is 36.0 Å². The van der Waals surface area contributed by atoms with E-state index in [1.54, 1.807) is 30.0 Å². The summed E-state index contributed by atoms with van der Waals surface area (Å²) < 4.78 is 0. The summed E-state index contributed by atoms with van der Waals surface area (Å²) in [7, 11) is 1.47. The maximum Gasteiger partial charge on any atom is 0.254 e. The van der Waals surface area contributed by atoms with Gasteiger partial charge in [-0.2, -0.15) is 5.26 Å². The highest BCUT2D eigenvalue weighted by molar-refractivity contribution is 6.00. The number of nitriles is 1. The van der Waals surface area contributed by atoms with Crippen molar-refractivity contribution >= 4 is 11.6 Å². The van der Waals surface area contributed by atoms with Crippen LogP contribution in [0.15, 0.2) is 47.6 Å². The summed E-state index contributed by atoms with van der Waals surface area (Å²) in [6.07, 6.45) is -0.167. The second-order valence-corrected chi connectivity index (χ2v) is 6.95. The lowest BCUT2D eigenvalue weighted by Gasteiger charge is -2.26. The first-order valence-electron chi connectivity index (χ1n) is 9.14. The van der Waals surface area contributed by atoms with Crippen LogP contribution in [0.4, 0.5) is 0 Å². The number of carbonyl (C=O) groups excluding carboxylic acids is 1. The summed E-state index contributed by atoms with van der Waals surface area (Å²) in [5, 5.41) is 23.2. The van der Waals surface area contributed by atoms with Crippen molar-refractivity contribution in [2.45, 2.75) is 32.4 Å². The SMILES string of the molecule is CO/N=C1\C[C@@H]([C@H](C)O)N(C(=O)c2ccc(-c3cccc(C#N)c3C)cc2)C1. The van der Waals surface area contributed by atoms with Gasteiger partial charge in [-0.15, -0.1) is 0 Å². The molecule has 1 aliphatic rings. The topological polar surface area (TPSA) is 85.9 Å². The standard InChI is InChI=1S/C22H23N3O3/c1-14-18(12-23)5-4-6-20(14)16-7-9-17(10-8-16)22(27)25-13-19(24-28-3)11-21(25)15(2)26/h4-10,15,21,26H,11,13H2,1-3H3/b24-19+/t15-,21-/m0/s1. The van der Waals surface area contributed by atoms with Crippen molar-refractivity contribution in [2.24, 2.45) is 5.16 Å². The van der Waals surface area contributed by atoms with E-state index >= 15 is 0 Å². The van der Waals surface area contributed by atoms with Gasteiger partial charge in [0, 0.05) is 12.0 Å². The van der Waals surface area contributed by atoms with E-state index in [0.717, 1.165) is 22.4 Å². The molecule has 1 saturated heterocycles. The van der Waals surface area contributed by atoms with Crippen molar-refractivity contribution in [2.75, 3.05) is 13.7 Å².